The molecule has 0 radical (unpaired) electrons. The number of hydrogen-bond acceptors (Lipinski definition) is 3. The quantitative estimate of drug-likeness (QED) is 0.792. The van der Waals surface area contributed by atoms with Crippen LogP contribution < -0.4 is 14.8 Å². The highest BCUT2D eigenvalue weighted by Gasteiger charge is 2.20. The summed E-state index contributed by atoms with van der Waals surface area (Å²) < 4.78 is 11.2. The molecule has 0 bridgehead atoms. The highest BCUT2D eigenvalue weighted by Crippen LogP contribution is 2.34. The average Bonchev–Trinajstić information content (AvgIpc) is 3.19. The molecule has 92 valence electrons. The van der Waals surface area contributed by atoms with E-state index in [1.807, 2.05) is 12.1 Å². The zero-order valence-electron chi connectivity index (χ0n) is 10.1. The van der Waals surface area contributed by atoms with Crippen LogP contribution in [0.25, 0.3) is 0 Å². The van der Waals surface area contributed by atoms with Gasteiger partial charge in [-0.3, -0.25) is 0 Å². The predicted molar refractivity (Wildman–Crippen MR) is 66.5 cm³/mol. The monoisotopic (exact) mass is 233 g/mol. The molecule has 0 unspecified atom stereocenters. The number of fused-ring (bicyclic) bond motifs is 1. The molecule has 1 aliphatic heterocycles. The summed E-state index contributed by atoms with van der Waals surface area (Å²) in [5.74, 6) is 2.81. The van der Waals surface area contributed by atoms with Gasteiger partial charge in [-0.05, 0) is 24.9 Å². The Labute approximate surface area is 102 Å². The second-order valence-corrected chi connectivity index (χ2v) is 4.85. The van der Waals surface area contributed by atoms with E-state index in [1.54, 1.807) is 0 Å². The van der Waals surface area contributed by atoms with Crippen LogP contribution in [0.1, 0.15) is 24.8 Å². The van der Waals surface area contributed by atoms with Crippen LogP contribution >= 0.6 is 0 Å². The second-order valence-electron chi connectivity index (χ2n) is 4.85. The van der Waals surface area contributed by atoms with Crippen molar-refractivity contribution in [2.45, 2.75) is 25.8 Å². The minimum atomic E-state index is 0.658. The zero-order valence-corrected chi connectivity index (χ0v) is 10.1. The van der Waals surface area contributed by atoms with E-state index in [1.165, 1.54) is 24.8 Å². The Morgan fingerprint density at radius 2 is 2.06 bits per heavy atom. The summed E-state index contributed by atoms with van der Waals surface area (Å²) in [6.45, 7) is 3.30. The van der Waals surface area contributed by atoms with Gasteiger partial charge in [0.25, 0.3) is 0 Å². The number of hydrogen-bond donors (Lipinski definition) is 1. The first kappa shape index (κ1) is 10.9. The molecule has 0 atom stereocenters. The van der Waals surface area contributed by atoms with Crippen molar-refractivity contribution in [3.8, 4) is 11.5 Å². The number of nitrogens with one attached hydrogen (secondary N) is 1. The Hall–Kier alpha value is -1.22. The molecule has 2 aliphatic rings. The SMILES string of the molecule is c1cc(CNCCC2CC2)c2c(c1)OCCO2. The maximum absolute atomic E-state index is 5.68. The third-order valence-corrected chi connectivity index (χ3v) is 3.39. The summed E-state index contributed by atoms with van der Waals surface area (Å²) >= 11 is 0. The van der Waals surface area contributed by atoms with Gasteiger partial charge in [0.05, 0.1) is 0 Å². The molecule has 1 aromatic rings. The Bertz CT molecular complexity index is 388. The minimum Gasteiger partial charge on any atom is -0.486 e. The summed E-state index contributed by atoms with van der Waals surface area (Å²) in [5.41, 5.74) is 1.21. The maximum Gasteiger partial charge on any atom is 0.165 e. The van der Waals surface area contributed by atoms with Gasteiger partial charge >= 0.3 is 0 Å². The van der Waals surface area contributed by atoms with Crippen LogP contribution in [0, 0.1) is 5.92 Å². The topological polar surface area (TPSA) is 30.5 Å². The molecule has 1 fully saturated rings. The second kappa shape index (κ2) is 4.96. The lowest BCUT2D eigenvalue weighted by Gasteiger charge is -2.21. The molecule has 17 heavy (non-hydrogen) atoms. The lowest BCUT2D eigenvalue weighted by atomic mass is 10.1. The molecular weight excluding hydrogens is 214 g/mol. The molecule has 3 rings (SSSR count). The third-order valence-electron chi connectivity index (χ3n) is 3.39. The summed E-state index contributed by atoms with van der Waals surface area (Å²) in [6.07, 6.45) is 4.17. The van der Waals surface area contributed by atoms with Crippen molar-refractivity contribution in [2.24, 2.45) is 5.92 Å². The van der Waals surface area contributed by atoms with E-state index in [4.69, 9.17) is 9.47 Å². The van der Waals surface area contributed by atoms with E-state index < -0.39 is 0 Å². The molecule has 0 aromatic heterocycles. The van der Waals surface area contributed by atoms with Crippen molar-refractivity contribution in [1.29, 1.82) is 0 Å². The fourth-order valence-corrected chi connectivity index (χ4v) is 2.21. The Kier molecular flexibility index (Phi) is 3.18. The highest BCUT2D eigenvalue weighted by atomic mass is 16.6. The number of ether oxygens (including phenoxy) is 2. The first-order valence-electron chi connectivity index (χ1n) is 6.52. The molecule has 0 spiro atoms. The number of benzene rings is 1. The molecule has 0 saturated heterocycles. The van der Waals surface area contributed by atoms with Crippen LogP contribution in [-0.4, -0.2) is 19.8 Å². The molecule has 0 amide bonds. The van der Waals surface area contributed by atoms with Gasteiger partial charge in [-0.2, -0.15) is 0 Å². The molecule has 1 aliphatic carbocycles. The lowest BCUT2D eigenvalue weighted by molar-refractivity contribution is 0.169. The molecule has 3 heteroatoms. The van der Waals surface area contributed by atoms with Crippen LogP contribution in [0.2, 0.25) is 0 Å². The van der Waals surface area contributed by atoms with Crippen molar-refractivity contribution in [2.75, 3.05) is 19.8 Å². The maximum atomic E-state index is 5.68. The molecular formula is C14H19NO2. The van der Waals surface area contributed by atoms with E-state index in [0.29, 0.717) is 13.2 Å². The van der Waals surface area contributed by atoms with Gasteiger partial charge in [0.15, 0.2) is 11.5 Å². The number of rotatable bonds is 5. The fourth-order valence-electron chi connectivity index (χ4n) is 2.21. The van der Waals surface area contributed by atoms with Crippen molar-refractivity contribution in [3.05, 3.63) is 23.8 Å². The first-order chi connectivity index (χ1) is 8.43. The molecule has 1 N–H and O–H groups in total. The van der Waals surface area contributed by atoms with E-state index in [9.17, 15) is 0 Å². The normalized spacial score (nSPS) is 18.1. The van der Waals surface area contributed by atoms with Gasteiger partial charge in [0.1, 0.15) is 13.2 Å². The van der Waals surface area contributed by atoms with Gasteiger partial charge in [-0.25, -0.2) is 0 Å². The summed E-state index contributed by atoms with van der Waals surface area (Å²) in [4.78, 5) is 0. The van der Waals surface area contributed by atoms with Gasteiger partial charge < -0.3 is 14.8 Å². The van der Waals surface area contributed by atoms with Gasteiger partial charge in [-0.15, -0.1) is 0 Å². The third kappa shape index (κ3) is 2.72. The Balaban J connectivity index is 1.57. The summed E-state index contributed by atoms with van der Waals surface area (Å²) in [7, 11) is 0. The van der Waals surface area contributed by atoms with Crippen LogP contribution in [0.15, 0.2) is 18.2 Å². The standard InChI is InChI=1S/C14H19NO2/c1-2-12(10-15-7-6-11-4-5-11)14-13(3-1)16-8-9-17-14/h1-3,11,15H,4-10H2. The predicted octanol–water partition coefficient (Wildman–Crippen LogP) is 2.35. The number of para-hydroxylation sites is 1. The highest BCUT2D eigenvalue weighted by molar-refractivity contribution is 5.47. The van der Waals surface area contributed by atoms with Crippen LogP contribution in [-0.2, 0) is 6.54 Å². The summed E-state index contributed by atoms with van der Waals surface area (Å²) in [6, 6.07) is 6.12. The molecule has 1 aromatic carbocycles. The van der Waals surface area contributed by atoms with Crippen LogP contribution in [0.3, 0.4) is 0 Å². The van der Waals surface area contributed by atoms with Crippen molar-refractivity contribution < 1.29 is 9.47 Å². The van der Waals surface area contributed by atoms with Gasteiger partial charge in [0.2, 0.25) is 0 Å². The summed E-state index contributed by atoms with van der Waals surface area (Å²) in [5, 5.41) is 3.49. The zero-order chi connectivity index (χ0) is 11.5. The Morgan fingerprint density at radius 1 is 1.18 bits per heavy atom. The van der Waals surface area contributed by atoms with E-state index in [2.05, 4.69) is 11.4 Å². The molecule has 1 heterocycles. The van der Waals surface area contributed by atoms with Gasteiger partial charge in [-0.1, -0.05) is 25.0 Å². The van der Waals surface area contributed by atoms with Crippen molar-refractivity contribution >= 4 is 0 Å². The molecule has 1 saturated carbocycles. The lowest BCUT2D eigenvalue weighted by Crippen LogP contribution is -2.20. The minimum absolute atomic E-state index is 0.658. The van der Waals surface area contributed by atoms with E-state index in [-0.39, 0.29) is 0 Å². The van der Waals surface area contributed by atoms with E-state index in [0.717, 1.165) is 30.5 Å². The van der Waals surface area contributed by atoms with Crippen molar-refractivity contribution in [3.63, 3.8) is 0 Å². The smallest absolute Gasteiger partial charge is 0.165 e. The van der Waals surface area contributed by atoms with Crippen LogP contribution in [0.4, 0.5) is 0 Å². The van der Waals surface area contributed by atoms with Crippen LogP contribution in [0.5, 0.6) is 11.5 Å². The van der Waals surface area contributed by atoms with E-state index >= 15 is 0 Å². The fraction of sp³-hybridized carbons (Fsp3) is 0.571. The largest absolute Gasteiger partial charge is 0.486 e. The first-order valence-corrected chi connectivity index (χ1v) is 6.52. The molecule has 3 nitrogen and oxygen atoms in total. The Morgan fingerprint density at radius 3 is 2.94 bits per heavy atom. The van der Waals surface area contributed by atoms with Crippen molar-refractivity contribution in [1.82, 2.24) is 5.32 Å². The van der Waals surface area contributed by atoms with Gasteiger partial charge in [0, 0.05) is 12.1 Å². The average molecular weight is 233 g/mol.